The second kappa shape index (κ2) is 10.0. The van der Waals surface area contributed by atoms with Crippen molar-refractivity contribution >= 4 is 23.6 Å². The molecule has 4 rings (SSSR count). The number of amides is 1. The van der Waals surface area contributed by atoms with E-state index in [0.717, 1.165) is 31.5 Å². The zero-order valence-electron chi connectivity index (χ0n) is 18.4. The SMILES string of the molecule is CNC(=O)O[C@@H]1CC[C@@H](Nc2ncc(Cl)c(-c3cnn(C4CCN(C)CC4)c3)n2)[C@H](O)C1. The number of hydrogen-bond acceptors (Lipinski definition) is 8. The van der Waals surface area contributed by atoms with Crippen molar-refractivity contribution < 1.29 is 14.6 Å². The summed E-state index contributed by atoms with van der Waals surface area (Å²) in [6.45, 7) is 2.11. The molecule has 0 aromatic carbocycles. The lowest BCUT2D eigenvalue weighted by molar-refractivity contribution is 0.0172. The predicted octanol–water partition coefficient (Wildman–Crippen LogP) is 2.31. The molecule has 11 heteroatoms. The van der Waals surface area contributed by atoms with Gasteiger partial charge < -0.3 is 25.4 Å². The molecule has 2 aliphatic rings. The van der Waals surface area contributed by atoms with E-state index in [1.807, 2.05) is 10.9 Å². The molecule has 2 aromatic rings. The number of nitrogens with one attached hydrogen (secondary N) is 2. The predicted molar refractivity (Wildman–Crippen MR) is 121 cm³/mol. The zero-order chi connectivity index (χ0) is 22.7. The molecule has 0 unspecified atom stereocenters. The Hall–Kier alpha value is -2.43. The minimum absolute atomic E-state index is 0.240. The van der Waals surface area contributed by atoms with E-state index >= 15 is 0 Å². The molecule has 32 heavy (non-hydrogen) atoms. The molecule has 1 aliphatic carbocycles. The second-order valence-electron chi connectivity index (χ2n) is 8.54. The molecule has 174 valence electrons. The van der Waals surface area contributed by atoms with Gasteiger partial charge in [0.15, 0.2) is 0 Å². The van der Waals surface area contributed by atoms with E-state index in [9.17, 15) is 9.90 Å². The summed E-state index contributed by atoms with van der Waals surface area (Å²) in [6, 6.07) is 0.135. The van der Waals surface area contributed by atoms with Crippen molar-refractivity contribution in [1.82, 2.24) is 30.0 Å². The largest absolute Gasteiger partial charge is 0.446 e. The molecule has 1 amide bonds. The van der Waals surface area contributed by atoms with Crippen molar-refractivity contribution in [3.63, 3.8) is 0 Å². The Kier molecular flexibility index (Phi) is 7.12. The fourth-order valence-electron chi connectivity index (χ4n) is 4.32. The van der Waals surface area contributed by atoms with Crippen LogP contribution in [0.4, 0.5) is 10.7 Å². The maximum absolute atomic E-state index is 11.4. The van der Waals surface area contributed by atoms with Crippen LogP contribution >= 0.6 is 11.6 Å². The van der Waals surface area contributed by atoms with Gasteiger partial charge in [-0.15, -0.1) is 0 Å². The van der Waals surface area contributed by atoms with Gasteiger partial charge in [0, 0.05) is 25.2 Å². The van der Waals surface area contributed by atoms with Crippen LogP contribution in [0.1, 0.15) is 38.1 Å². The highest BCUT2D eigenvalue weighted by molar-refractivity contribution is 6.32. The van der Waals surface area contributed by atoms with Gasteiger partial charge in [0.05, 0.1) is 41.3 Å². The summed E-state index contributed by atoms with van der Waals surface area (Å²) in [4.78, 5) is 22.6. The van der Waals surface area contributed by atoms with Gasteiger partial charge in [-0.1, -0.05) is 11.6 Å². The number of hydrogen-bond donors (Lipinski definition) is 3. The Labute approximate surface area is 192 Å². The first-order valence-corrected chi connectivity index (χ1v) is 11.4. The molecule has 3 atom stereocenters. The number of aromatic nitrogens is 4. The minimum atomic E-state index is -0.687. The van der Waals surface area contributed by atoms with E-state index in [2.05, 4.69) is 37.6 Å². The number of carbonyl (C=O) groups excluding carboxylic acids is 1. The summed E-state index contributed by atoms with van der Waals surface area (Å²) in [7, 11) is 3.65. The standard InChI is InChI=1S/C21H30ClN7O3/c1-23-21(31)32-15-3-4-17(18(30)9-15)26-20-24-11-16(22)19(27-20)13-10-25-29(12-13)14-5-7-28(2)8-6-14/h10-12,14-15,17-18,30H,3-9H2,1-2H3,(H,23,31)(H,24,26,27)/t15-,17-,18-/m1/s1. The lowest BCUT2D eigenvalue weighted by atomic mass is 9.90. The monoisotopic (exact) mass is 463 g/mol. The van der Waals surface area contributed by atoms with E-state index in [4.69, 9.17) is 16.3 Å². The van der Waals surface area contributed by atoms with Gasteiger partial charge in [-0.3, -0.25) is 4.68 Å². The highest BCUT2D eigenvalue weighted by Crippen LogP contribution is 2.30. The van der Waals surface area contributed by atoms with Gasteiger partial charge >= 0.3 is 6.09 Å². The van der Waals surface area contributed by atoms with Crippen molar-refractivity contribution in [3.05, 3.63) is 23.6 Å². The van der Waals surface area contributed by atoms with E-state index < -0.39 is 12.2 Å². The zero-order valence-corrected chi connectivity index (χ0v) is 19.1. The number of anilines is 1. The quantitative estimate of drug-likeness (QED) is 0.618. The van der Waals surface area contributed by atoms with Gasteiger partial charge in [0.2, 0.25) is 5.95 Å². The molecule has 3 heterocycles. The van der Waals surface area contributed by atoms with Crippen molar-refractivity contribution in [2.45, 2.75) is 56.4 Å². The van der Waals surface area contributed by atoms with Crippen LogP contribution in [0.15, 0.2) is 18.6 Å². The molecule has 1 saturated heterocycles. The van der Waals surface area contributed by atoms with Crippen LogP contribution in [0.3, 0.4) is 0 Å². The third-order valence-electron chi connectivity index (χ3n) is 6.24. The van der Waals surface area contributed by atoms with Gasteiger partial charge in [0.25, 0.3) is 0 Å². The molecule has 2 fully saturated rings. The summed E-state index contributed by atoms with van der Waals surface area (Å²) in [5.41, 5.74) is 1.44. The van der Waals surface area contributed by atoms with E-state index in [1.54, 1.807) is 12.4 Å². The highest BCUT2D eigenvalue weighted by atomic mass is 35.5. The van der Waals surface area contributed by atoms with Crippen molar-refractivity contribution in [3.8, 4) is 11.3 Å². The maximum Gasteiger partial charge on any atom is 0.407 e. The molecule has 2 aromatic heterocycles. The summed E-state index contributed by atoms with van der Waals surface area (Å²) in [6.07, 6.45) is 7.60. The number of likely N-dealkylation sites (tertiary alicyclic amines) is 1. The van der Waals surface area contributed by atoms with Crippen LogP contribution in [0.25, 0.3) is 11.3 Å². The molecule has 0 radical (unpaired) electrons. The number of rotatable bonds is 5. The molecule has 0 bridgehead atoms. The van der Waals surface area contributed by atoms with Crippen LogP contribution < -0.4 is 10.6 Å². The van der Waals surface area contributed by atoms with Gasteiger partial charge in [0.1, 0.15) is 6.10 Å². The average molecular weight is 464 g/mol. The van der Waals surface area contributed by atoms with Gasteiger partial charge in [-0.25, -0.2) is 14.8 Å². The fraction of sp³-hybridized carbons (Fsp3) is 0.619. The highest BCUT2D eigenvalue weighted by Gasteiger charge is 2.31. The molecule has 1 saturated carbocycles. The van der Waals surface area contributed by atoms with E-state index in [-0.39, 0.29) is 12.1 Å². The van der Waals surface area contributed by atoms with Crippen molar-refractivity contribution in [1.29, 1.82) is 0 Å². The molecular formula is C21H30ClN7O3. The Morgan fingerprint density at radius 3 is 2.75 bits per heavy atom. The summed E-state index contributed by atoms with van der Waals surface area (Å²) < 4.78 is 7.27. The van der Waals surface area contributed by atoms with Gasteiger partial charge in [-0.05, 0) is 45.8 Å². The molecule has 10 nitrogen and oxygen atoms in total. The number of carbonyl (C=O) groups is 1. The molecule has 0 spiro atoms. The smallest absolute Gasteiger partial charge is 0.407 e. The minimum Gasteiger partial charge on any atom is -0.446 e. The first-order valence-electron chi connectivity index (χ1n) is 11.0. The van der Waals surface area contributed by atoms with Gasteiger partial charge in [-0.2, -0.15) is 5.10 Å². The Bertz CT molecular complexity index is 932. The van der Waals surface area contributed by atoms with Crippen LogP contribution in [-0.4, -0.2) is 81.3 Å². The number of halogens is 1. The number of aliphatic hydroxyl groups is 1. The third-order valence-corrected chi connectivity index (χ3v) is 6.52. The van der Waals surface area contributed by atoms with Crippen molar-refractivity contribution in [2.75, 3.05) is 32.5 Å². The van der Waals surface area contributed by atoms with Crippen LogP contribution in [-0.2, 0) is 4.74 Å². The topological polar surface area (TPSA) is 117 Å². The van der Waals surface area contributed by atoms with Crippen molar-refractivity contribution in [2.24, 2.45) is 0 Å². The average Bonchev–Trinajstić information content (AvgIpc) is 3.27. The Balaban J connectivity index is 1.42. The Morgan fingerprint density at radius 2 is 2.03 bits per heavy atom. The maximum atomic E-state index is 11.4. The van der Waals surface area contributed by atoms with Crippen LogP contribution in [0.2, 0.25) is 5.02 Å². The molecular weight excluding hydrogens is 434 g/mol. The third kappa shape index (κ3) is 5.31. The first kappa shape index (κ1) is 22.8. The number of nitrogens with zero attached hydrogens (tertiary/aromatic N) is 5. The lowest BCUT2D eigenvalue weighted by Gasteiger charge is -2.33. The summed E-state index contributed by atoms with van der Waals surface area (Å²) in [5.74, 6) is 0.395. The molecule has 3 N–H and O–H groups in total. The number of ether oxygens (including phenoxy) is 1. The second-order valence-corrected chi connectivity index (χ2v) is 8.95. The summed E-state index contributed by atoms with van der Waals surface area (Å²) >= 11 is 6.40. The normalized spacial score (nSPS) is 24.8. The van der Waals surface area contributed by atoms with E-state index in [1.165, 1.54) is 7.05 Å². The molecule has 1 aliphatic heterocycles. The lowest BCUT2D eigenvalue weighted by Crippen LogP contribution is -2.43. The number of alkyl carbamates (subject to hydrolysis) is 1. The first-order chi connectivity index (χ1) is 15.4. The number of aliphatic hydroxyl groups excluding tert-OH is 1. The summed E-state index contributed by atoms with van der Waals surface area (Å²) in [5, 5.41) is 21.2. The van der Waals surface area contributed by atoms with Crippen LogP contribution in [0, 0.1) is 0 Å². The van der Waals surface area contributed by atoms with Crippen LogP contribution in [0.5, 0.6) is 0 Å². The van der Waals surface area contributed by atoms with E-state index in [0.29, 0.717) is 42.0 Å². The number of piperidine rings is 1. The fourth-order valence-corrected chi connectivity index (χ4v) is 4.52. The Morgan fingerprint density at radius 1 is 1.25 bits per heavy atom.